The van der Waals surface area contributed by atoms with Gasteiger partial charge in [-0.1, -0.05) is 6.07 Å². The van der Waals surface area contributed by atoms with Crippen molar-refractivity contribution in [1.29, 1.82) is 0 Å². The van der Waals surface area contributed by atoms with Gasteiger partial charge in [-0.25, -0.2) is 14.2 Å². The van der Waals surface area contributed by atoms with Crippen LogP contribution in [0.25, 0.3) is 0 Å². The molecule has 3 rings (SSSR count). The molecule has 2 N–H and O–H groups in total. The molecule has 6 nitrogen and oxygen atoms in total. The number of nitrogens with one attached hydrogen (secondary N) is 2. The number of aryl methyl sites for hydroxylation is 1. The lowest BCUT2D eigenvalue weighted by molar-refractivity contribution is -0.119. The van der Waals surface area contributed by atoms with Crippen molar-refractivity contribution in [3.63, 3.8) is 0 Å². The largest absolute Gasteiger partial charge is 0.452 e. The van der Waals surface area contributed by atoms with Crippen molar-refractivity contribution >= 4 is 23.4 Å². The number of carbonyl (C=O) groups excluding carboxylic acids is 2. The van der Waals surface area contributed by atoms with Crippen LogP contribution in [-0.2, 0) is 9.53 Å². The number of nitrogens with zero attached hydrogens (tertiary/aromatic N) is 1. The van der Waals surface area contributed by atoms with E-state index in [4.69, 9.17) is 4.74 Å². The Morgan fingerprint density at radius 2 is 2.08 bits per heavy atom. The minimum atomic E-state index is -0.643. The molecule has 1 amide bonds. The summed E-state index contributed by atoms with van der Waals surface area (Å²) in [5.41, 5.74) is 1.05. The molecule has 2 aromatic rings. The van der Waals surface area contributed by atoms with E-state index in [-0.39, 0.29) is 5.56 Å². The number of rotatable bonds is 6. The van der Waals surface area contributed by atoms with Gasteiger partial charge in [-0.3, -0.25) is 4.79 Å². The Bertz CT molecular complexity index is 789. The van der Waals surface area contributed by atoms with Crippen LogP contribution in [0.1, 0.15) is 28.8 Å². The molecule has 25 heavy (non-hydrogen) atoms. The van der Waals surface area contributed by atoms with Gasteiger partial charge in [0, 0.05) is 17.9 Å². The van der Waals surface area contributed by atoms with Crippen LogP contribution in [0.15, 0.2) is 36.5 Å². The standard InChI is InChI=1S/C18H18FN3O3/c1-11-2-4-14(8-15(11)19)22-17(23)10-25-18(24)12-3-7-16(20-9-12)21-13-5-6-13/h2-4,7-9,13H,5-6,10H2,1H3,(H,20,21)(H,22,23). The zero-order valence-electron chi connectivity index (χ0n) is 13.7. The van der Waals surface area contributed by atoms with E-state index in [0.717, 1.165) is 12.8 Å². The molecule has 0 spiro atoms. The topological polar surface area (TPSA) is 80.3 Å². The predicted molar refractivity (Wildman–Crippen MR) is 90.9 cm³/mol. The molecule has 0 unspecified atom stereocenters. The number of anilines is 2. The molecule has 1 aliphatic carbocycles. The monoisotopic (exact) mass is 343 g/mol. The Labute approximate surface area is 144 Å². The number of halogens is 1. The van der Waals surface area contributed by atoms with Crippen LogP contribution < -0.4 is 10.6 Å². The van der Waals surface area contributed by atoms with Crippen molar-refractivity contribution in [3.8, 4) is 0 Å². The maximum absolute atomic E-state index is 13.4. The number of esters is 1. The molecular formula is C18H18FN3O3. The van der Waals surface area contributed by atoms with Crippen molar-refractivity contribution in [1.82, 2.24) is 4.98 Å². The first-order chi connectivity index (χ1) is 12.0. The third-order valence-corrected chi connectivity index (χ3v) is 3.72. The lowest BCUT2D eigenvalue weighted by Crippen LogP contribution is -2.21. The summed E-state index contributed by atoms with van der Waals surface area (Å²) in [6, 6.07) is 8.11. The summed E-state index contributed by atoms with van der Waals surface area (Å²) in [5, 5.41) is 5.68. The quantitative estimate of drug-likeness (QED) is 0.789. The highest BCUT2D eigenvalue weighted by Crippen LogP contribution is 2.23. The fourth-order valence-electron chi connectivity index (χ4n) is 2.12. The van der Waals surface area contributed by atoms with Crippen molar-refractivity contribution in [2.45, 2.75) is 25.8 Å². The van der Waals surface area contributed by atoms with Crippen molar-refractivity contribution in [2.75, 3.05) is 17.2 Å². The Morgan fingerprint density at radius 1 is 1.28 bits per heavy atom. The fourth-order valence-corrected chi connectivity index (χ4v) is 2.12. The second-order valence-corrected chi connectivity index (χ2v) is 5.94. The molecule has 0 aliphatic heterocycles. The van der Waals surface area contributed by atoms with E-state index < -0.39 is 24.3 Å². The highest BCUT2D eigenvalue weighted by Gasteiger charge is 2.21. The predicted octanol–water partition coefficient (Wildman–Crippen LogP) is 2.90. The molecule has 1 aromatic carbocycles. The van der Waals surface area contributed by atoms with Gasteiger partial charge in [-0.2, -0.15) is 0 Å². The summed E-state index contributed by atoms with van der Waals surface area (Å²) >= 11 is 0. The Morgan fingerprint density at radius 3 is 2.72 bits per heavy atom. The number of hydrogen-bond donors (Lipinski definition) is 2. The molecule has 0 bridgehead atoms. The number of aromatic nitrogens is 1. The second-order valence-electron chi connectivity index (χ2n) is 5.94. The lowest BCUT2D eigenvalue weighted by Gasteiger charge is -2.08. The maximum Gasteiger partial charge on any atom is 0.340 e. The third kappa shape index (κ3) is 4.76. The number of hydrogen-bond acceptors (Lipinski definition) is 5. The van der Waals surface area contributed by atoms with Gasteiger partial charge >= 0.3 is 5.97 Å². The van der Waals surface area contributed by atoms with E-state index in [9.17, 15) is 14.0 Å². The number of amides is 1. The van der Waals surface area contributed by atoms with Gasteiger partial charge in [0.25, 0.3) is 5.91 Å². The lowest BCUT2D eigenvalue weighted by atomic mass is 10.2. The first-order valence-corrected chi connectivity index (χ1v) is 7.97. The van der Waals surface area contributed by atoms with Crippen molar-refractivity contribution < 1.29 is 18.7 Å². The van der Waals surface area contributed by atoms with Gasteiger partial charge < -0.3 is 15.4 Å². The Kier molecular flexibility index (Phi) is 4.92. The molecule has 1 fully saturated rings. The van der Waals surface area contributed by atoms with Gasteiger partial charge in [-0.05, 0) is 49.6 Å². The minimum Gasteiger partial charge on any atom is -0.452 e. The molecule has 130 valence electrons. The van der Waals surface area contributed by atoms with Gasteiger partial charge in [0.2, 0.25) is 0 Å². The van der Waals surface area contributed by atoms with Crippen LogP contribution in [0.3, 0.4) is 0 Å². The van der Waals surface area contributed by atoms with Crippen LogP contribution >= 0.6 is 0 Å². The number of carbonyl (C=O) groups is 2. The van der Waals surface area contributed by atoms with E-state index in [1.54, 1.807) is 31.2 Å². The summed E-state index contributed by atoms with van der Waals surface area (Å²) in [4.78, 5) is 27.9. The summed E-state index contributed by atoms with van der Waals surface area (Å²) in [6.07, 6.45) is 3.66. The highest BCUT2D eigenvalue weighted by atomic mass is 19.1. The average Bonchev–Trinajstić information content (AvgIpc) is 3.41. The third-order valence-electron chi connectivity index (χ3n) is 3.72. The number of benzene rings is 1. The molecule has 1 aromatic heterocycles. The first kappa shape index (κ1) is 16.9. The van der Waals surface area contributed by atoms with Crippen LogP contribution in [-0.4, -0.2) is 29.5 Å². The molecule has 1 aliphatic rings. The van der Waals surface area contributed by atoms with E-state index in [1.807, 2.05) is 0 Å². The average molecular weight is 343 g/mol. The molecule has 1 saturated carbocycles. The van der Waals surface area contributed by atoms with Gasteiger partial charge in [0.15, 0.2) is 6.61 Å². The Hall–Kier alpha value is -2.96. The van der Waals surface area contributed by atoms with Gasteiger partial charge in [0.05, 0.1) is 5.56 Å². The number of ether oxygens (including phenoxy) is 1. The van der Waals surface area contributed by atoms with Crippen molar-refractivity contribution in [3.05, 3.63) is 53.5 Å². The second kappa shape index (κ2) is 7.29. The zero-order valence-corrected chi connectivity index (χ0v) is 13.7. The minimum absolute atomic E-state index is 0.260. The molecule has 0 saturated heterocycles. The van der Waals surface area contributed by atoms with E-state index >= 15 is 0 Å². The summed E-state index contributed by atoms with van der Waals surface area (Å²) in [7, 11) is 0. The van der Waals surface area contributed by atoms with Crippen LogP contribution in [0.2, 0.25) is 0 Å². The first-order valence-electron chi connectivity index (χ1n) is 7.97. The van der Waals surface area contributed by atoms with Crippen LogP contribution in [0.5, 0.6) is 0 Å². The highest BCUT2D eigenvalue weighted by molar-refractivity contribution is 5.95. The molecule has 7 heteroatoms. The maximum atomic E-state index is 13.4. The van der Waals surface area contributed by atoms with Crippen LogP contribution in [0, 0.1) is 12.7 Å². The summed E-state index contributed by atoms with van der Waals surface area (Å²) in [5.74, 6) is -0.897. The van der Waals surface area contributed by atoms with Gasteiger partial charge in [-0.15, -0.1) is 0 Å². The van der Waals surface area contributed by atoms with E-state index in [1.165, 1.54) is 12.3 Å². The normalized spacial score (nSPS) is 13.2. The summed E-state index contributed by atoms with van der Waals surface area (Å²) in [6.45, 7) is 1.17. The fraction of sp³-hybridized carbons (Fsp3) is 0.278. The molecule has 0 atom stereocenters. The van der Waals surface area contributed by atoms with E-state index in [0.29, 0.717) is 23.1 Å². The Balaban J connectivity index is 1.48. The van der Waals surface area contributed by atoms with E-state index in [2.05, 4.69) is 15.6 Å². The SMILES string of the molecule is Cc1ccc(NC(=O)COC(=O)c2ccc(NC3CC3)nc2)cc1F. The smallest absolute Gasteiger partial charge is 0.340 e. The molecular weight excluding hydrogens is 325 g/mol. The van der Waals surface area contributed by atoms with Gasteiger partial charge in [0.1, 0.15) is 11.6 Å². The van der Waals surface area contributed by atoms with Crippen molar-refractivity contribution in [2.24, 2.45) is 0 Å². The summed E-state index contributed by atoms with van der Waals surface area (Å²) < 4.78 is 18.4. The zero-order chi connectivity index (χ0) is 17.8. The molecule has 1 heterocycles. The molecule has 0 radical (unpaired) electrons. The number of pyridine rings is 1. The van der Waals surface area contributed by atoms with Crippen LogP contribution in [0.4, 0.5) is 15.9 Å².